The average Bonchev–Trinajstić information content (AvgIpc) is 2.45. The quantitative estimate of drug-likeness (QED) is 0.617. The summed E-state index contributed by atoms with van der Waals surface area (Å²) in [7, 11) is 4.84. The summed E-state index contributed by atoms with van der Waals surface area (Å²) in [6.07, 6.45) is 0.943. The Morgan fingerprint density at radius 3 is 2.40 bits per heavy atom. The first-order valence-corrected chi connectivity index (χ1v) is 6.74. The van der Waals surface area contributed by atoms with Gasteiger partial charge in [-0.15, -0.1) is 0 Å². The molecule has 0 atom stereocenters. The van der Waals surface area contributed by atoms with Crippen LogP contribution in [0.25, 0.3) is 0 Å². The van der Waals surface area contributed by atoms with Crippen LogP contribution in [0.1, 0.15) is 12.0 Å². The van der Waals surface area contributed by atoms with Gasteiger partial charge in [0, 0.05) is 40.5 Å². The van der Waals surface area contributed by atoms with Crippen LogP contribution in [0.5, 0.6) is 5.75 Å². The summed E-state index contributed by atoms with van der Waals surface area (Å²) in [6.45, 7) is 3.78. The Labute approximate surface area is 120 Å². The van der Waals surface area contributed by atoms with Crippen LogP contribution in [-0.4, -0.2) is 52.5 Å². The van der Waals surface area contributed by atoms with Gasteiger partial charge in [-0.2, -0.15) is 0 Å². The first-order chi connectivity index (χ1) is 9.71. The van der Waals surface area contributed by atoms with E-state index in [-0.39, 0.29) is 11.6 Å². The molecule has 1 aromatic carbocycles. The fourth-order valence-electron chi connectivity index (χ4n) is 1.99. The van der Waals surface area contributed by atoms with Gasteiger partial charge < -0.3 is 14.2 Å². The summed E-state index contributed by atoms with van der Waals surface area (Å²) in [5.74, 6) is -0.0508. The molecule has 4 nitrogen and oxygen atoms in total. The normalized spacial score (nSPS) is 11.1. The van der Waals surface area contributed by atoms with Gasteiger partial charge in [-0.3, -0.25) is 4.90 Å². The molecule has 0 aliphatic carbocycles. The molecule has 20 heavy (non-hydrogen) atoms. The average molecular weight is 285 g/mol. The molecule has 5 heteroatoms. The highest BCUT2D eigenvalue weighted by Crippen LogP contribution is 2.18. The minimum Gasteiger partial charge on any atom is -0.494 e. The largest absolute Gasteiger partial charge is 0.494 e. The fourth-order valence-corrected chi connectivity index (χ4v) is 1.99. The van der Waals surface area contributed by atoms with Crippen LogP contribution in [0.2, 0.25) is 0 Å². The van der Waals surface area contributed by atoms with E-state index in [1.807, 2.05) is 6.07 Å². The van der Waals surface area contributed by atoms with Crippen LogP contribution < -0.4 is 4.74 Å². The molecule has 0 unspecified atom stereocenters. The number of ether oxygens (including phenoxy) is 3. The van der Waals surface area contributed by atoms with E-state index < -0.39 is 0 Å². The maximum absolute atomic E-state index is 13.7. The molecule has 0 saturated heterocycles. The summed E-state index contributed by atoms with van der Waals surface area (Å²) in [4.78, 5) is 2.23. The van der Waals surface area contributed by atoms with Crippen LogP contribution in [0.4, 0.5) is 4.39 Å². The van der Waals surface area contributed by atoms with Crippen molar-refractivity contribution in [2.75, 3.05) is 47.6 Å². The van der Waals surface area contributed by atoms with Gasteiger partial charge in [-0.05, 0) is 24.1 Å². The molecule has 0 N–H and O–H groups in total. The van der Waals surface area contributed by atoms with Gasteiger partial charge in [0.05, 0.1) is 13.7 Å². The molecule has 0 aromatic heterocycles. The molecule has 0 fully saturated rings. The van der Waals surface area contributed by atoms with Crippen LogP contribution in [0.15, 0.2) is 18.2 Å². The monoisotopic (exact) mass is 285 g/mol. The van der Waals surface area contributed by atoms with E-state index in [1.165, 1.54) is 13.2 Å². The third-order valence-electron chi connectivity index (χ3n) is 3.06. The lowest BCUT2D eigenvalue weighted by Crippen LogP contribution is -2.28. The third kappa shape index (κ3) is 5.86. The van der Waals surface area contributed by atoms with Crippen LogP contribution >= 0.6 is 0 Å². The van der Waals surface area contributed by atoms with E-state index in [2.05, 4.69) is 4.90 Å². The standard InChI is InChI=1S/C15H24FNO3/c1-18-9-4-7-17(8-10-19-2)12-13-5-6-15(20-3)14(16)11-13/h5-6,11H,4,7-10,12H2,1-3H3. The maximum atomic E-state index is 13.7. The summed E-state index contributed by atoms with van der Waals surface area (Å²) in [6, 6.07) is 5.07. The zero-order chi connectivity index (χ0) is 14.8. The summed E-state index contributed by atoms with van der Waals surface area (Å²) >= 11 is 0. The van der Waals surface area contributed by atoms with Gasteiger partial charge in [0.15, 0.2) is 11.6 Å². The number of methoxy groups -OCH3 is 3. The van der Waals surface area contributed by atoms with Crippen molar-refractivity contribution in [1.29, 1.82) is 0 Å². The van der Waals surface area contributed by atoms with Crippen LogP contribution in [0, 0.1) is 5.82 Å². The number of hydrogen-bond acceptors (Lipinski definition) is 4. The van der Waals surface area contributed by atoms with E-state index in [1.54, 1.807) is 20.3 Å². The van der Waals surface area contributed by atoms with E-state index in [0.717, 1.165) is 31.7 Å². The number of hydrogen-bond donors (Lipinski definition) is 0. The number of nitrogens with zero attached hydrogens (tertiary/aromatic N) is 1. The summed E-state index contributed by atoms with van der Waals surface area (Å²) < 4.78 is 28.8. The Morgan fingerprint density at radius 1 is 1.05 bits per heavy atom. The van der Waals surface area contributed by atoms with Crippen molar-refractivity contribution in [2.24, 2.45) is 0 Å². The summed E-state index contributed by atoms with van der Waals surface area (Å²) in [5.41, 5.74) is 0.928. The highest BCUT2D eigenvalue weighted by Gasteiger charge is 2.08. The molecular weight excluding hydrogens is 261 g/mol. The first-order valence-electron chi connectivity index (χ1n) is 6.74. The Hall–Kier alpha value is -1.17. The molecule has 1 aromatic rings. The van der Waals surface area contributed by atoms with Gasteiger partial charge in [-0.1, -0.05) is 6.07 Å². The Bertz CT molecular complexity index is 387. The van der Waals surface area contributed by atoms with E-state index in [0.29, 0.717) is 13.2 Å². The second-order valence-corrected chi connectivity index (χ2v) is 4.58. The van der Waals surface area contributed by atoms with Crippen molar-refractivity contribution in [2.45, 2.75) is 13.0 Å². The molecule has 0 spiro atoms. The molecule has 114 valence electrons. The Kier molecular flexibility index (Phi) is 8.18. The molecule has 0 radical (unpaired) electrons. The van der Waals surface area contributed by atoms with Crippen LogP contribution in [0.3, 0.4) is 0 Å². The molecule has 1 rings (SSSR count). The highest BCUT2D eigenvalue weighted by atomic mass is 19.1. The van der Waals surface area contributed by atoms with E-state index in [9.17, 15) is 4.39 Å². The first kappa shape index (κ1) is 16.9. The molecular formula is C15H24FNO3. The SMILES string of the molecule is COCCCN(CCOC)Cc1ccc(OC)c(F)c1. The Balaban J connectivity index is 2.60. The minimum absolute atomic E-state index is 0.275. The topological polar surface area (TPSA) is 30.9 Å². The fraction of sp³-hybridized carbons (Fsp3) is 0.600. The van der Waals surface area contributed by atoms with Gasteiger partial charge in [0.2, 0.25) is 0 Å². The smallest absolute Gasteiger partial charge is 0.165 e. The number of halogens is 1. The van der Waals surface area contributed by atoms with Gasteiger partial charge in [-0.25, -0.2) is 4.39 Å². The highest BCUT2D eigenvalue weighted by molar-refractivity contribution is 5.29. The van der Waals surface area contributed by atoms with Crippen LogP contribution in [-0.2, 0) is 16.0 Å². The predicted octanol–water partition coefficient (Wildman–Crippen LogP) is 2.32. The van der Waals surface area contributed by atoms with E-state index in [4.69, 9.17) is 14.2 Å². The van der Waals surface area contributed by atoms with Crippen molar-refractivity contribution in [3.05, 3.63) is 29.6 Å². The molecule has 0 bridgehead atoms. The second kappa shape index (κ2) is 9.69. The number of rotatable bonds is 10. The molecule has 0 aliphatic rings. The second-order valence-electron chi connectivity index (χ2n) is 4.58. The third-order valence-corrected chi connectivity index (χ3v) is 3.06. The van der Waals surface area contributed by atoms with Crippen molar-refractivity contribution in [1.82, 2.24) is 4.90 Å². The van der Waals surface area contributed by atoms with Gasteiger partial charge >= 0.3 is 0 Å². The molecule has 0 heterocycles. The van der Waals surface area contributed by atoms with Crippen molar-refractivity contribution >= 4 is 0 Å². The lowest BCUT2D eigenvalue weighted by Gasteiger charge is -2.22. The molecule has 0 saturated carbocycles. The zero-order valence-electron chi connectivity index (χ0n) is 12.5. The predicted molar refractivity (Wildman–Crippen MR) is 76.6 cm³/mol. The summed E-state index contributed by atoms with van der Waals surface area (Å²) in [5, 5.41) is 0. The van der Waals surface area contributed by atoms with Gasteiger partial charge in [0.25, 0.3) is 0 Å². The maximum Gasteiger partial charge on any atom is 0.165 e. The van der Waals surface area contributed by atoms with Gasteiger partial charge in [0.1, 0.15) is 0 Å². The van der Waals surface area contributed by atoms with Crippen molar-refractivity contribution in [3.63, 3.8) is 0 Å². The minimum atomic E-state index is -0.325. The van der Waals surface area contributed by atoms with Crippen molar-refractivity contribution in [3.8, 4) is 5.75 Å². The molecule has 0 aliphatic heterocycles. The zero-order valence-corrected chi connectivity index (χ0v) is 12.5. The lowest BCUT2D eigenvalue weighted by atomic mass is 10.2. The molecule has 0 amide bonds. The number of benzene rings is 1. The van der Waals surface area contributed by atoms with E-state index >= 15 is 0 Å². The lowest BCUT2D eigenvalue weighted by molar-refractivity contribution is 0.129. The van der Waals surface area contributed by atoms with Crippen molar-refractivity contribution < 1.29 is 18.6 Å². The Morgan fingerprint density at radius 2 is 1.80 bits per heavy atom.